The first-order valence-electron chi connectivity index (χ1n) is 4.10. The van der Waals surface area contributed by atoms with Crippen LogP contribution in [-0.2, 0) is 13.9 Å². The molecule has 5 N–H and O–H groups in total. The maximum atomic E-state index is 10.1. The van der Waals surface area contributed by atoms with Gasteiger partial charge in [0, 0.05) is 0 Å². The largest absolute Gasteiger partial charge is 2.00 e. The molecule has 0 saturated carbocycles. The third-order valence-corrected chi connectivity index (χ3v) is 2.16. The second-order valence-corrected chi connectivity index (χ2v) is 4.16. The number of carbonyl (C=O) groups is 1. The number of aliphatic hydroxyl groups excluding tert-OH is 3. The van der Waals surface area contributed by atoms with Gasteiger partial charge in [-0.05, 0) is 0 Å². The molecule has 9 nitrogen and oxygen atoms in total. The van der Waals surface area contributed by atoms with Gasteiger partial charge in [0.1, 0.15) is 24.6 Å². The van der Waals surface area contributed by atoms with Crippen LogP contribution in [0.15, 0.2) is 0 Å². The minimum atomic E-state index is -5.27. The molecular formula is C6H12BaNO8P. The summed E-state index contributed by atoms with van der Waals surface area (Å²) in [6.07, 6.45) is -5.44. The summed E-state index contributed by atoms with van der Waals surface area (Å²) in [5.74, 6) is 0. The predicted octanol–water partition coefficient (Wildman–Crippen LogP) is -4.94. The third-order valence-electron chi connectivity index (χ3n) is 1.70. The first-order valence-corrected chi connectivity index (χ1v) is 5.56. The zero-order valence-electron chi connectivity index (χ0n) is 8.71. The standard InChI is InChI=1S/C6H14NO8P.Ba/c7-3(1-8)5(10)6(11)4(9)2-15-16(12,13)14;/h1,3-6,9-11H,2,7H2,(H2,12,13,14);/q;+2/p-2/t3-,4+,5+,6+;/m0./s1. The van der Waals surface area contributed by atoms with Crippen molar-refractivity contribution >= 4 is 63.0 Å². The van der Waals surface area contributed by atoms with Gasteiger partial charge >= 0.3 is 48.9 Å². The SMILES string of the molecule is N[C@@H](C=O)[C@@H](O)[C@H](O)[C@H](O)COP(=O)([O-])[O-].[Ba+2]. The molecule has 11 heteroatoms. The molecule has 0 bridgehead atoms. The van der Waals surface area contributed by atoms with Gasteiger partial charge in [0.25, 0.3) is 0 Å². The van der Waals surface area contributed by atoms with Crippen molar-refractivity contribution in [1.82, 2.24) is 0 Å². The van der Waals surface area contributed by atoms with E-state index in [1.54, 1.807) is 0 Å². The minimum Gasteiger partial charge on any atom is -0.790 e. The number of aliphatic hydroxyl groups is 3. The van der Waals surface area contributed by atoms with Crippen molar-refractivity contribution in [3.05, 3.63) is 0 Å². The molecule has 0 rings (SSSR count). The quantitative estimate of drug-likeness (QED) is 0.187. The maximum Gasteiger partial charge on any atom is 2.00 e. The Balaban J connectivity index is 0. The van der Waals surface area contributed by atoms with E-state index in [4.69, 9.17) is 15.9 Å². The van der Waals surface area contributed by atoms with Gasteiger partial charge in [-0.25, -0.2) is 0 Å². The van der Waals surface area contributed by atoms with Gasteiger partial charge < -0.3 is 44.7 Å². The van der Waals surface area contributed by atoms with E-state index in [2.05, 4.69) is 4.52 Å². The average molecular weight is 394 g/mol. The Morgan fingerprint density at radius 1 is 1.29 bits per heavy atom. The van der Waals surface area contributed by atoms with Gasteiger partial charge in [-0.2, -0.15) is 0 Å². The van der Waals surface area contributed by atoms with Gasteiger partial charge in [-0.15, -0.1) is 0 Å². The Morgan fingerprint density at radius 3 is 2.12 bits per heavy atom. The summed E-state index contributed by atoms with van der Waals surface area (Å²) in [5, 5.41) is 27.4. The van der Waals surface area contributed by atoms with Crippen molar-refractivity contribution < 1.29 is 39.0 Å². The normalized spacial score (nSPS) is 18.7. The van der Waals surface area contributed by atoms with Crippen LogP contribution in [0, 0.1) is 0 Å². The van der Waals surface area contributed by atoms with E-state index in [9.17, 15) is 24.3 Å². The summed E-state index contributed by atoms with van der Waals surface area (Å²) >= 11 is 0. The Morgan fingerprint density at radius 2 is 1.76 bits per heavy atom. The Bertz CT molecular complexity index is 273. The molecular weight excluding hydrogens is 382 g/mol. The monoisotopic (exact) mass is 395 g/mol. The number of carbonyl (C=O) groups excluding carboxylic acids is 1. The molecule has 96 valence electrons. The number of aldehydes is 1. The topological polar surface area (TPSA) is 176 Å². The molecule has 0 fully saturated rings. The van der Waals surface area contributed by atoms with Crippen LogP contribution in [0.1, 0.15) is 0 Å². The zero-order valence-corrected chi connectivity index (χ0v) is 14.0. The number of hydrogen-bond acceptors (Lipinski definition) is 9. The molecule has 0 aromatic heterocycles. The van der Waals surface area contributed by atoms with Crippen LogP contribution < -0.4 is 15.5 Å². The molecule has 0 radical (unpaired) electrons. The number of phosphoric acid groups is 1. The van der Waals surface area contributed by atoms with E-state index in [0.717, 1.165) is 0 Å². The Labute approximate surface area is 137 Å². The van der Waals surface area contributed by atoms with Gasteiger partial charge in [0.15, 0.2) is 0 Å². The van der Waals surface area contributed by atoms with Crippen LogP contribution in [0.5, 0.6) is 0 Å². The van der Waals surface area contributed by atoms with E-state index >= 15 is 0 Å². The first-order chi connectivity index (χ1) is 7.19. The van der Waals surface area contributed by atoms with Crippen LogP contribution in [-0.4, -0.2) is 101 Å². The summed E-state index contributed by atoms with van der Waals surface area (Å²) in [5.41, 5.74) is 5.03. The van der Waals surface area contributed by atoms with Crippen molar-refractivity contribution in [2.75, 3.05) is 6.61 Å². The molecule has 0 aliphatic carbocycles. The van der Waals surface area contributed by atoms with Crippen LogP contribution in [0.25, 0.3) is 0 Å². The van der Waals surface area contributed by atoms with Crippen LogP contribution in [0.2, 0.25) is 0 Å². The average Bonchev–Trinajstić information content (AvgIpc) is 2.21. The molecule has 4 atom stereocenters. The Kier molecular flexibility index (Phi) is 11.0. The fourth-order valence-electron chi connectivity index (χ4n) is 0.802. The summed E-state index contributed by atoms with van der Waals surface area (Å²) in [6, 6.07) is -1.45. The second kappa shape index (κ2) is 9.15. The molecule has 0 amide bonds. The molecule has 0 spiro atoms. The van der Waals surface area contributed by atoms with Crippen molar-refractivity contribution in [3.63, 3.8) is 0 Å². The van der Waals surface area contributed by atoms with Crippen molar-refractivity contribution in [2.45, 2.75) is 24.4 Å². The summed E-state index contributed by atoms with van der Waals surface area (Å²) in [4.78, 5) is 30.2. The fraction of sp³-hybridized carbons (Fsp3) is 0.833. The number of hydrogen-bond donors (Lipinski definition) is 4. The van der Waals surface area contributed by atoms with Gasteiger partial charge in [0.2, 0.25) is 0 Å². The fourth-order valence-corrected chi connectivity index (χ4v) is 1.14. The van der Waals surface area contributed by atoms with Crippen LogP contribution in [0.4, 0.5) is 0 Å². The zero-order chi connectivity index (χ0) is 12.9. The molecule has 0 aromatic rings. The van der Waals surface area contributed by atoms with Crippen molar-refractivity contribution in [1.29, 1.82) is 0 Å². The first kappa shape index (κ1) is 20.5. The molecule has 0 aromatic carbocycles. The van der Waals surface area contributed by atoms with E-state index in [1.165, 1.54) is 0 Å². The summed E-state index contributed by atoms with van der Waals surface area (Å²) in [6.45, 7) is -1.03. The molecule has 0 aliphatic heterocycles. The maximum absolute atomic E-state index is 10.1. The van der Waals surface area contributed by atoms with E-state index in [0.29, 0.717) is 0 Å². The number of phosphoric ester groups is 1. The molecule has 0 saturated heterocycles. The van der Waals surface area contributed by atoms with E-state index < -0.39 is 38.8 Å². The van der Waals surface area contributed by atoms with Gasteiger partial charge in [-0.1, -0.05) is 0 Å². The smallest absolute Gasteiger partial charge is 0.790 e. The van der Waals surface area contributed by atoms with Gasteiger partial charge in [0.05, 0.1) is 20.5 Å². The van der Waals surface area contributed by atoms with Crippen molar-refractivity contribution in [2.24, 2.45) is 5.73 Å². The van der Waals surface area contributed by atoms with E-state index in [1.807, 2.05) is 0 Å². The van der Waals surface area contributed by atoms with Crippen molar-refractivity contribution in [3.8, 4) is 0 Å². The summed E-state index contributed by atoms with van der Waals surface area (Å²) < 4.78 is 13.7. The minimum absolute atomic E-state index is 0. The third kappa shape index (κ3) is 8.83. The predicted molar refractivity (Wildman–Crippen MR) is 51.4 cm³/mol. The van der Waals surface area contributed by atoms with Crippen LogP contribution in [0.3, 0.4) is 0 Å². The Hall–Kier alpha value is 1.19. The van der Waals surface area contributed by atoms with Crippen LogP contribution >= 0.6 is 7.82 Å². The number of rotatable bonds is 7. The second-order valence-electron chi connectivity index (χ2n) is 3.00. The molecule has 17 heavy (non-hydrogen) atoms. The summed E-state index contributed by atoms with van der Waals surface area (Å²) in [7, 11) is -5.27. The molecule has 0 heterocycles. The van der Waals surface area contributed by atoms with E-state index in [-0.39, 0.29) is 55.2 Å². The van der Waals surface area contributed by atoms with Gasteiger partial charge in [-0.3, -0.25) is 0 Å². The number of nitrogens with two attached hydrogens (primary N) is 1. The molecule has 0 aliphatic rings. The molecule has 0 unspecified atom stereocenters.